The summed E-state index contributed by atoms with van der Waals surface area (Å²) in [7, 11) is 3.10. The van der Waals surface area contributed by atoms with Crippen molar-refractivity contribution in [3.8, 4) is 11.5 Å². The zero-order valence-electron chi connectivity index (χ0n) is 13.5. The number of carbonyl (C=O) groups is 1. The Morgan fingerprint density at radius 1 is 1.25 bits per heavy atom. The number of ketones is 1. The number of carbonyl (C=O) groups excluding carboxylic acids is 1. The Hall–Kier alpha value is -2.61. The minimum Gasteiger partial charge on any atom is -0.493 e. The minimum atomic E-state index is -0.347. The van der Waals surface area contributed by atoms with Crippen LogP contribution in [0, 0.1) is 0 Å². The van der Waals surface area contributed by atoms with Gasteiger partial charge in [0.1, 0.15) is 0 Å². The first kappa shape index (κ1) is 16.3. The fraction of sp³-hybridized carbons (Fsp3) is 0.250. The van der Waals surface area contributed by atoms with E-state index in [9.17, 15) is 4.79 Å². The molecule has 2 aromatic heterocycles. The Labute approximate surface area is 143 Å². The SMILES string of the molecule is COc1ccc(C(=O)C(C)Sc2nc3ncccn3n2)cc1OC. The number of ether oxygens (including phenoxy) is 2. The van der Waals surface area contributed by atoms with E-state index in [2.05, 4.69) is 15.1 Å². The molecule has 0 N–H and O–H groups in total. The number of rotatable bonds is 6. The third-order valence-corrected chi connectivity index (χ3v) is 4.37. The van der Waals surface area contributed by atoms with E-state index >= 15 is 0 Å². The van der Waals surface area contributed by atoms with Crippen LogP contribution in [0.2, 0.25) is 0 Å². The highest BCUT2D eigenvalue weighted by molar-refractivity contribution is 8.00. The molecule has 1 aromatic carbocycles. The lowest BCUT2D eigenvalue weighted by molar-refractivity contribution is 0.0993. The van der Waals surface area contributed by atoms with E-state index in [0.717, 1.165) is 0 Å². The fourth-order valence-corrected chi connectivity index (χ4v) is 3.03. The highest BCUT2D eigenvalue weighted by Gasteiger charge is 2.20. The first-order valence-electron chi connectivity index (χ1n) is 7.22. The number of fused-ring (bicyclic) bond motifs is 1. The van der Waals surface area contributed by atoms with Crippen molar-refractivity contribution in [2.45, 2.75) is 17.3 Å². The maximum Gasteiger partial charge on any atom is 0.253 e. The summed E-state index contributed by atoms with van der Waals surface area (Å²) in [5.74, 6) is 1.58. The Morgan fingerprint density at radius 3 is 2.75 bits per heavy atom. The van der Waals surface area contributed by atoms with Gasteiger partial charge < -0.3 is 9.47 Å². The summed E-state index contributed by atoms with van der Waals surface area (Å²) in [6.45, 7) is 1.82. The molecular weight excluding hydrogens is 328 g/mol. The number of benzene rings is 1. The number of thioether (sulfide) groups is 1. The van der Waals surface area contributed by atoms with Gasteiger partial charge >= 0.3 is 0 Å². The molecular formula is C16H16N4O3S. The molecule has 0 spiro atoms. The van der Waals surface area contributed by atoms with Crippen molar-refractivity contribution in [2.24, 2.45) is 0 Å². The van der Waals surface area contributed by atoms with Gasteiger partial charge in [-0.05, 0) is 31.2 Å². The molecule has 1 atom stereocenters. The van der Waals surface area contributed by atoms with Crippen LogP contribution in [0.15, 0.2) is 41.8 Å². The van der Waals surface area contributed by atoms with Gasteiger partial charge in [-0.3, -0.25) is 4.79 Å². The molecule has 0 aliphatic rings. The van der Waals surface area contributed by atoms with Gasteiger partial charge in [-0.25, -0.2) is 9.50 Å². The molecule has 0 saturated carbocycles. The lowest BCUT2D eigenvalue weighted by Crippen LogP contribution is -2.14. The largest absolute Gasteiger partial charge is 0.493 e. The summed E-state index contributed by atoms with van der Waals surface area (Å²) in [4.78, 5) is 21.0. The molecule has 2 heterocycles. The topological polar surface area (TPSA) is 78.6 Å². The van der Waals surface area contributed by atoms with E-state index < -0.39 is 0 Å². The van der Waals surface area contributed by atoms with Crippen molar-refractivity contribution in [2.75, 3.05) is 14.2 Å². The van der Waals surface area contributed by atoms with Crippen LogP contribution in [0.4, 0.5) is 0 Å². The normalized spacial score (nSPS) is 12.1. The Morgan fingerprint density at radius 2 is 2.04 bits per heavy atom. The standard InChI is InChI=1S/C16H16N4O3S/c1-10(24-16-18-15-17-7-4-8-20(15)19-16)14(21)11-5-6-12(22-2)13(9-11)23-3/h4-10H,1-3H3. The third kappa shape index (κ3) is 3.18. The van der Waals surface area contributed by atoms with Crippen LogP contribution >= 0.6 is 11.8 Å². The van der Waals surface area contributed by atoms with E-state index in [1.54, 1.807) is 48.3 Å². The van der Waals surface area contributed by atoms with Crippen molar-refractivity contribution in [1.82, 2.24) is 19.6 Å². The zero-order chi connectivity index (χ0) is 17.1. The quantitative estimate of drug-likeness (QED) is 0.502. The van der Waals surface area contributed by atoms with E-state index in [-0.39, 0.29) is 11.0 Å². The van der Waals surface area contributed by atoms with E-state index in [4.69, 9.17) is 9.47 Å². The van der Waals surface area contributed by atoms with Crippen LogP contribution in [0.5, 0.6) is 11.5 Å². The Balaban J connectivity index is 1.79. The first-order valence-corrected chi connectivity index (χ1v) is 8.10. The van der Waals surface area contributed by atoms with Gasteiger partial charge in [0.2, 0.25) is 5.16 Å². The molecule has 8 heteroatoms. The van der Waals surface area contributed by atoms with Crippen LogP contribution in [0.25, 0.3) is 5.78 Å². The second-order valence-electron chi connectivity index (χ2n) is 4.95. The van der Waals surface area contributed by atoms with E-state index in [0.29, 0.717) is 28.0 Å². The smallest absolute Gasteiger partial charge is 0.253 e. The van der Waals surface area contributed by atoms with Gasteiger partial charge in [0.15, 0.2) is 17.3 Å². The molecule has 3 rings (SSSR count). The molecule has 0 saturated heterocycles. The molecule has 0 fully saturated rings. The number of hydrogen-bond acceptors (Lipinski definition) is 7. The minimum absolute atomic E-state index is 0.0345. The lowest BCUT2D eigenvalue weighted by atomic mass is 10.1. The third-order valence-electron chi connectivity index (χ3n) is 3.42. The summed E-state index contributed by atoms with van der Waals surface area (Å²) in [6.07, 6.45) is 3.41. The van der Waals surface area contributed by atoms with Gasteiger partial charge in [-0.1, -0.05) is 11.8 Å². The summed E-state index contributed by atoms with van der Waals surface area (Å²) in [6, 6.07) is 6.89. The van der Waals surface area contributed by atoms with Gasteiger partial charge in [0.25, 0.3) is 5.78 Å². The number of aromatic nitrogens is 4. The van der Waals surface area contributed by atoms with Crippen molar-refractivity contribution in [1.29, 1.82) is 0 Å². The fourth-order valence-electron chi connectivity index (χ4n) is 2.20. The van der Waals surface area contributed by atoms with Gasteiger partial charge in [0, 0.05) is 18.0 Å². The van der Waals surface area contributed by atoms with Crippen molar-refractivity contribution >= 4 is 23.3 Å². The van der Waals surface area contributed by atoms with Crippen molar-refractivity contribution < 1.29 is 14.3 Å². The summed E-state index contributed by atoms with van der Waals surface area (Å²) in [5.41, 5.74) is 0.550. The molecule has 0 aliphatic carbocycles. The van der Waals surface area contributed by atoms with Gasteiger partial charge in [0.05, 0.1) is 19.5 Å². The number of methoxy groups -OCH3 is 2. The molecule has 7 nitrogen and oxygen atoms in total. The molecule has 124 valence electrons. The number of hydrogen-bond donors (Lipinski definition) is 0. The predicted octanol–water partition coefficient (Wildman–Crippen LogP) is 2.51. The van der Waals surface area contributed by atoms with Crippen LogP contribution in [0.1, 0.15) is 17.3 Å². The molecule has 0 aliphatic heterocycles. The van der Waals surface area contributed by atoms with Gasteiger partial charge in [-0.15, -0.1) is 5.10 Å². The average molecular weight is 344 g/mol. The van der Waals surface area contributed by atoms with Gasteiger partial charge in [-0.2, -0.15) is 4.98 Å². The number of Topliss-reactive ketones (excluding diaryl/α,β-unsaturated/α-hetero) is 1. The Kier molecular flexibility index (Phi) is 4.66. The lowest BCUT2D eigenvalue weighted by Gasteiger charge is -2.11. The molecule has 0 amide bonds. The van der Waals surface area contributed by atoms with Crippen LogP contribution < -0.4 is 9.47 Å². The first-order chi connectivity index (χ1) is 11.6. The maximum atomic E-state index is 12.6. The average Bonchev–Trinajstić information content (AvgIpc) is 3.02. The molecule has 0 bridgehead atoms. The Bertz CT molecular complexity index is 848. The second kappa shape index (κ2) is 6.88. The molecule has 24 heavy (non-hydrogen) atoms. The van der Waals surface area contributed by atoms with E-state index in [1.807, 2.05) is 6.92 Å². The highest BCUT2D eigenvalue weighted by Crippen LogP contribution is 2.30. The summed E-state index contributed by atoms with van der Waals surface area (Å²) in [5, 5.41) is 4.46. The van der Waals surface area contributed by atoms with Crippen LogP contribution in [-0.4, -0.2) is 44.8 Å². The van der Waals surface area contributed by atoms with Crippen LogP contribution in [0.3, 0.4) is 0 Å². The molecule has 1 unspecified atom stereocenters. The second-order valence-corrected chi connectivity index (χ2v) is 6.26. The predicted molar refractivity (Wildman–Crippen MR) is 90.0 cm³/mol. The molecule has 0 radical (unpaired) electrons. The monoisotopic (exact) mass is 344 g/mol. The summed E-state index contributed by atoms with van der Waals surface area (Å²) < 4.78 is 12.0. The van der Waals surface area contributed by atoms with Crippen molar-refractivity contribution in [3.63, 3.8) is 0 Å². The van der Waals surface area contributed by atoms with Crippen molar-refractivity contribution in [3.05, 3.63) is 42.2 Å². The highest BCUT2D eigenvalue weighted by atomic mass is 32.2. The number of nitrogens with zero attached hydrogens (tertiary/aromatic N) is 4. The maximum absolute atomic E-state index is 12.6. The van der Waals surface area contributed by atoms with E-state index in [1.165, 1.54) is 18.9 Å². The molecule has 3 aromatic rings. The van der Waals surface area contributed by atoms with Crippen LogP contribution in [-0.2, 0) is 0 Å². The summed E-state index contributed by atoms with van der Waals surface area (Å²) >= 11 is 1.29. The zero-order valence-corrected chi connectivity index (χ0v) is 14.3.